The zero-order valence-corrected chi connectivity index (χ0v) is 9.26. The van der Waals surface area contributed by atoms with Crippen LogP contribution in [0.1, 0.15) is 25.4 Å². The molecule has 3 N–H and O–H groups in total. The molecule has 0 fully saturated rings. The number of rotatable bonds is 3. The van der Waals surface area contributed by atoms with E-state index in [1.807, 2.05) is 0 Å². The summed E-state index contributed by atoms with van der Waals surface area (Å²) in [5.41, 5.74) is 1.75. The summed E-state index contributed by atoms with van der Waals surface area (Å²) in [7, 11) is 1.54. The van der Waals surface area contributed by atoms with Crippen molar-refractivity contribution >= 4 is 5.82 Å². The molecule has 0 aliphatic carbocycles. The monoisotopic (exact) mass is 214 g/mol. The molecule has 0 atom stereocenters. The second-order valence-corrected chi connectivity index (χ2v) is 3.65. The summed E-state index contributed by atoms with van der Waals surface area (Å²) in [6, 6.07) is 0. The maximum atomic E-state index is 13.4. The molecule has 5 nitrogen and oxygen atoms in total. The molecule has 1 heterocycles. The fraction of sp³-hybridized carbons (Fsp3) is 0.556. The third-order valence-corrected chi connectivity index (χ3v) is 2.20. The van der Waals surface area contributed by atoms with Gasteiger partial charge < -0.3 is 10.2 Å². The smallest absolute Gasteiger partial charge is 0.187 e. The van der Waals surface area contributed by atoms with Crippen molar-refractivity contribution in [3.8, 4) is 0 Å². The molecule has 0 aliphatic rings. The molecular weight excluding hydrogens is 199 g/mol. The molecule has 1 rings (SSSR count). The van der Waals surface area contributed by atoms with E-state index in [1.165, 1.54) is 7.11 Å². The molecule has 0 saturated heterocycles. The van der Waals surface area contributed by atoms with Crippen molar-refractivity contribution < 1.29 is 9.13 Å². The van der Waals surface area contributed by atoms with Gasteiger partial charge in [-0.15, -0.1) is 0 Å². The van der Waals surface area contributed by atoms with Gasteiger partial charge in [-0.1, -0.05) is 0 Å². The van der Waals surface area contributed by atoms with Crippen LogP contribution in [0.3, 0.4) is 0 Å². The molecule has 0 aromatic carbocycles. The lowest BCUT2D eigenvalue weighted by Gasteiger charge is -2.22. The van der Waals surface area contributed by atoms with Crippen LogP contribution in [0.4, 0.5) is 10.2 Å². The topological polar surface area (TPSA) is 73.1 Å². The van der Waals surface area contributed by atoms with Gasteiger partial charge in [-0.3, -0.25) is 0 Å². The van der Waals surface area contributed by atoms with Crippen LogP contribution in [0.15, 0.2) is 0 Å². The maximum absolute atomic E-state index is 13.4. The molecule has 15 heavy (non-hydrogen) atoms. The number of anilines is 1. The number of halogens is 1. The first-order chi connectivity index (χ1) is 6.92. The molecule has 1 aromatic rings. The molecule has 0 amide bonds. The summed E-state index contributed by atoms with van der Waals surface area (Å²) in [5.74, 6) is 4.96. The number of nitrogens with zero attached hydrogens (tertiary/aromatic N) is 2. The number of hydrogen-bond donors (Lipinski definition) is 2. The van der Waals surface area contributed by atoms with Crippen LogP contribution in [0.5, 0.6) is 0 Å². The van der Waals surface area contributed by atoms with E-state index in [1.54, 1.807) is 20.8 Å². The fourth-order valence-corrected chi connectivity index (χ4v) is 1.02. The highest BCUT2D eigenvalue weighted by Crippen LogP contribution is 2.23. The number of methoxy groups -OCH3 is 1. The lowest BCUT2D eigenvalue weighted by molar-refractivity contribution is 0.0113. The van der Waals surface area contributed by atoms with Crippen LogP contribution in [0.25, 0.3) is 0 Å². The molecule has 0 aliphatic heterocycles. The molecule has 0 bridgehead atoms. The Morgan fingerprint density at radius 2 is 2.00 bits per heavy atom. The Hall–Kier alpha value is -1.27. The highest BCUT2D eigenvalue weighted by atomic mass is 19.1. The van der Waals surface area contributed by atoms with Crippen molar-refractivity contribution in [1.82, 2.24) is 9.97 Å². The van der Waals surface area contributed by atoms with E-state index in [2.05, 4.69) is 15.4 Å². The Morgan fingerprint density at radius 3 is 2.47 bits per heavy atom. The fourth-order valence-electron chi connectivity index (χ4n) is 1.02. The second-order valence-electron chi connectivity index (χ2n) is 3.65. The third kappa shape index (κ3) is 2.21. The van der Waals surface area contributed by atoms with Gasteiger partial charge in [-0.05, 0) is 20.8 Å². The summed E-state index contributed by atoms with van der Waals surface area (Å²) in [4.78, 5) is 7.96. The highest BCUT2D eigenvalue weighted by molar-refractivity contribution is 5.37. The molecule has 0 radical (unpaired) electrons. The Bertz CT molecular complexity index is 367. The van der Waals surface area contributed by atoms with Gasteiger partial charge in [0.2, 0.25) is 0 Å². The Labute approximate surface area is 87.8 Å². The van der Waals surface area contributed by atoms with Gasteiger partial charge >= 0.3 is 0 Å². The first-order valence-corrected chi connectivity index (χ1v) is 4.48. The van der Waals surface area contributed by atoms with E-state index < -0.39 is 11.4 Å². The quantitative estimate of drug-likeness (QED) is 0.582. The van der Waals surface area contributed by atoms with Crippen molar-refractivity contribution in [3.05, 3.63) is 17.3 Å². The normalized spacial score (nSPS) is 11.6. The number of hydrazine groups is 1. The summed E-state index contributed by atoms with van der Waals surface area (Å²) < 4.78 is 18.6. The van der Waals surface area contributed by atoms with Gasteiger partial charge in [-0.25, -0.2) is 20.2 Å². The number of hydrogen-bond acceptors (Lipinski definition) is 5. The van der Waals surface area contributed by atoms with Gasteiger partial charge in [-0.2, -0.15) is 0 Å². The second kappa shape index (κ2) is 4.08. The minimum Gasteiger partial charge on any atom is -0.371 e. The molecule has 1 aromatic heterocycles. The average molecular weight is 214 g/mol. The lowest BCUT2D eigenvalue weighted by atomic mass is 10.1. The predicted octanol–water partition coefficient (Wildman–Crippen LogP) is 1.09. The molecule has 0 unspecified atom stereocenters. The Kier molecular flexibility index (Phi) is 3.21. The van der Waals surface area contributed by atoms with Crippen LogP contribution in [0, 0.1) is 12.7 Å². The van der Waals surface area contributed by atoms with Gasteiger partial charge in [0.25, 0.3) is 0 Å². The minimum absolute atomic E-state index is 0.0253. The van der Waals surface area contributed by atoms with Gasteiger partial charge in [0.15, 0.2) is 17.5 Å². The van der Waals surface area contributed by atoms with Crippen LogP contribution in [-0.2, 0) is 10.3 Å². The number of nitrogens with two attached hydrogens (primary N) is 1. The zero-order valence-electron chi connectivity index (χ0n) is 9.26. The van der Waals surface area contributed by atoms with Crippen molar-refractivity contribution in [2.45, 2.75) is 26.4 Å². The molecule has 0 spiro atoms. The van der Waals surface area contributed by atoms with Gasteiger partial charge in [0.1, 0.15) is 5.60 Å². The van der Waals surface area contributed by atoms with Gasteiger partial charge in [0.05, 0.1) is 5.69 Å². The Morgan fingerprint density at radius 1 is 1.40 bits per heavy atom. The third-order valence-electron chi connectivity index (χ3n) is 2.20. The van der Waals surface area contributed by atoms with Crippen molar-refractivity contribution in [2.24, 2.45) is 5.84 Å². The van der Waals surface area contributed by atoms with Crippen LogP contribution < -0.4 is 11.3 Å². The number of aryl methyl sites for hydroxylation is 1. The molecule has 0 saturated carbocycles. The first-order valence-electron chi connectivity index (χ1n) is 4.48. The van der Waals surface area contributed by atoms with E-state index >= 15 is 0 Å². The summed E-state index contributed by atoms with van der Waals surface area (Å²) in [6.45, 7) is 5.13. The zero-order chi connectivity index (χ0) is 11.6. The number of nitrogen functional groups attached to an aromatic ring is 1. The standard InChI is InChI=1S/C9H15FN4O/c1-5-6(10)7(14-11)13-8(12-5)9(2,3)15-4/h11H2,1-4H3,(H,12,13,14). The number of aromatic nitrogens is 2. The lowest BCUT2D eigenvalue weighted by Crippen LogP contribution is -2.25. The summed E-state index contributed by atoms with van der Waals surface area (Å²) in [6.07, 6.45) is 0. The predicted molar refractivity (Wildman–Crippen MR) is 54.6 cm³/mol. The number of nitrogens with one attached hydrogen (secondary N) is 1. The minimum atomic E-state index is -0.677. The SMILES string of the molecule is COC(C)(C)c1nc(C)c(F)c(NN)n1. The summed E-state index contributed by atoms with van der Waals surface area (Å²) in [5, 5.41) is 0. The maximum Gasteiger partial charge on any atom is 0.187 e. The van der Waals surface area contributed by atoms with E-state index in [0.29, 0.717) is 5.82 Å². The first kappa shape index (κ1) is 11.8. The molecule has 84 valence electrons. The highest BCUT2D eigenvalue weighted by Gasteiger charge is 2.25. The van der Waals surface area contributed by atoms with E-state index in [-0.39, 0.29) is 11.5 Å². The van der Waals surface area contributed by atoms with E-state index in [4.69, 9.17) is 10.6 Å². The molecular formula is C9H15FN4O. The largest absolute Gasteiger partial charge is 0.371 e. The Balaban J connectivity index is 3.28. The van der Waals surface area contributed by atoms with Crippen molar-refractivity contribution in [3.63, 3.8) is 0 Å². The van der Waals surface area contributed by atoms with Gasteiger partial charge in [0, 0.05) is 7.11 Å². The van der Waals surface area contributed by atoms with Crippen molar-refractivity contribution in [1.29, 1.82) is 0 Å². The van der Waals surface area contributed by atoms with Crippen molar-refractivity contribution in [2.75, 3.05) is 12.5 Å². The number of ether oxygens (including phenoxy) is 1. The van der Waals surface area contributed by atoms with Crippen LogP contribution in [0.2, 0.25) is 0 Å². The summed E-state index contributed by atoms with van der Waals surface area (Å²) >= 11 is 0. The van der Waals surface area contributed by atoms with E-state index in [9.17, 15) is 4.39 Å². The van der Waals surface area contributed by atoms with Crippen LogP contribution >= 0.6 is 0 Å². The van der Waals surface area contributed by atoms with Crippen LogP contribution in [-0.4, -0.2) is 17.1 Å². The van der Waals surface area contributed by atoms with E-state index in [0.717, 1.165) is 0 Å². The molecule has 6 heteroatoms. The average Bonchev–Trinajstić information content (AvgIpc) is 2.21.